The van der Waals surface area contributed by atoms with Crippen molar-refractivity contribution < 1.29 is 14.0 Å². The summed E-state index contributed by atoms with van der Waals surface area (Å²) in [6.45, 7) is -0.0623. The van der Waals surface area contributed by atoms with Crippen LogP contribution in [0.2, 0.25) is 0 Å². The highest BCUT2D eigenvalue weighted by Gasteiger charge is 2.52. The molecule has 1 heterocycles. The molecule has 2 aromatic carbocycles. The molecule has 128 valence electrons. The summed E-state index contributed by atoms with van der Waals surface area (Å²) in [7, 11) is 0. The van der Waals surface area contributed by atoms with Crippen molar-refractivity contribution in [3.8, 4) is 0 Å². The number of carbonyl (C=O) groups is 2. The normalized spacial score (nSPS) is 22.2. The molecule has 6 heteroatoms. The molecule has 1 fully saturated rings. The van der Waals surface area contributed by atoms with Crippen LogP contribution in [0.4, 0.5) is 9.18 Å². The Hall–Kier alpha value is -2.21. The van der Waals surface area contributed by atoms with Crippen LogP contribution in [0.15, 0.2) is 46.9 Å². The van der Waals surface area contributed by atoms with Crippen molar-refractivity contribution in [2.45, 2.75) is 31.3 Å². The first kappa shape index (κ1) is 16.3. The number of hydrogen-bond donors (Lipinski definition) is 1. The van der Waals surface area contributed by atoms with Gasteiger partial charge in [0.1, 0.15) is 11.4 Å². The number of hydrogen-bond acceptors (Lipinski definition) is 2. The minimum absolute atomic E-state index is 0.0623. The van der Waals surface area contributed by atoms with Gasteiger partial charge in [-0.1, -0.05) is 46.3 Å². The molecule has 25 heavy (non-hydrogen) atoms. The number of fused-ring (bicyclic) bond motifs is 1. The number of halogens is 2. The SMILES string of the molecule is O=C1NC2(CCc3ccccc3C2)C(=O)N1Cc1ccc(Br)cc1F. The summed E-state index contributed by atoms with van der Waals surface area (Å²) in [5.74, 6) is -0.709. The number of aryl methyl sites for hydroxylation is 1. The maximum Gasteiger partial charge on any atom is 0.325 e. The molecule has 2 aliphatic rings. The van der Waals surface area contributed by atoms with Gasteiger partial charge in [0.2, 0.25) is 0 Å². The van der Waals surface area contributed by atoms with Crippen molar-refractivity contribution >= 4 is 27.9 Å². The molecular formula is C19H16BrFN2O2. The average Bonchev–Trinajstić information content (AvgIpc) is 2.81. The average molecular weight is 403 g/mol. The Bertz CT molecular complexity index is 885. The molecule has 1 unspecified atom stereocenters. The quantitative estimate of drug-likeness (QED) is 0.780. The lowest BCUT2D eigenvalue weighted by Crippen LogP contribution is -2.51. The molecule has 1 saturated heterocycles. The molecule has 0 bridgehead atoms. The largest absolute Gasteiger partial charge is 0.325 e. The van der Waals surface area contributed by atoms with Gasteiger partial charge in [-0.15, -0.1) is 0 Å². The second-order valence-electron chi connectivity index (χ2n) is 6.58. The number of imide groups is 1. The number of amides is 3. The second kappa shape index (κ2) is 5.95. The Morgan fingerprint density at radius 1 is 1.16 bits per heavy atom. The van der Waals surface area contributed by atoms with E-state index in [1.807, 2.05) is 18.2 Å². The minimum Gasteiger partial charge on any atom is -0.323 e. The van der Waals surface area contributed by atoms with Gasteiger partial charge in [0.15, 0.2) is 0 Å². The first-order valence-electron chi connectivity index (χ1n) is 8.13. The Morgan fingerprint density at radius 2 is 1.92 bits per heavy atom. The van der Waals surface area contributed by atoms with Gasteiger partial charge in [0.25, 0.3) is 5.91 Å². The predicted molar refractivity (Wildman–Crippen MR) is 94.4 cm³/mol. The third kappa shape index (κ3) is 2.74. The van der Waals surface area contributed by atoms with E-state index in [4.69, 9.17) is 0 Å². The Balaban J connectivity index is 1.61. The second-order valence-corrected chi connectivity index (χ2v) is 7.50. The summed E-state index contributed by atoms with van der Waals surface area (Å²) in [4.78, 5) is 26.5. The van der Waals surface area contributed by atoms with E-state index in [2.05, 4.69) is 27.3 Å². The molecule has 1 aliphatic heterocycles. The molecule has 1 aliphatic carbocycles. The summed E-state index contributed by atoms with van der Waals surface area (Å²) in [6.07, 6.45) is 1.78. The summed E-state index contributed by atoms with van der Waals surface area (Å²) < 4.78 is 14.7. The van der Waals surface area contributed by atoms with Gasteiger partial charge in [-0.05, 0) is 36.1 Å². The van der Waals surface area contributed by atoms with Crippen molar-refractivity contribution in [1.29, 1.82) is 0 Å². The Labute approximate surface area is 153 Å². The number of nitrogens with zero attached hydrogens (tertiary/aromatic N) is 1. The molecule has 3 amide bonds. The zero-order chi connectivity index (χ0) is 17.6. The molecule has 4 rings (SSSR count). The first-order chi connectivity index (χ1) is 12.0. The fraction of sp³-hybridized carbons (Fsp3) is 0.263. The molecular weight excluding hydrogens is 387 g/mol. The smallest absolute Gasteiger partial charge is 0.323 e. The van der Waals surface area contributed by atoms with Gasteiger partial charge in [-0.25, -0.2) is 9.18 Å². The maximum absolute atomic E-state index is 14.1. The lowest BCUT2D eigenvalue weighted by atomic mass is 9.78. The van der Waals surface area contributed by atoms with Gasteiger partial charge in [0, 0.05) is 16.5 Å². The highest BCUT2D eigenvalue weighted by molar-refractivity contribution is 9.10. The minimum atomic E-state index is -0.905. The van der Waals surface area contributed by atoms with E-state index in [1.54, 1.807) is 12.1 Å². The zero-order valence-electron chi connectivity index (χ0n) is 13.4. The van der Waals surface area contributed by atoms with E-state index in [-0.39, 0.29) is 12.5 Å². The number of nitrogens with one attached hydrogen (secondary N) is 1. The van der Waals surface area contributed by atoms with Crippen LogP contribution in [0.1, 0.15) is 23.1 Å². The molecule has 0 aromatic heterocycles. The summed E-state index contributed by atoms with van der Waals surface area (Å²) >= 11 is 3.21. The van der Waals surface area contributed by atoms with Crippen LogP contribution in [0.25, 0.3) is 0 Å². The standard InChI is InChI=1S/C19H16BrFN2O2/c20-15-6-5-14(16(21)9-15)11-23-17(24)19(22-18(23)25)8-7-12-3-1-2-4-13(12)10-19/h1-6,9H,7-8,10-11H2,(H,22,25). The lowest BCUT2D eigenvalue weighted by Gasteiger charge is -2.32. The molecule has 2 aromatic rings. The van der Waals surface area contributed by atoms with E-state index in [1.165, 1.54) is 11.6 Å². The van der Waals surface area contributed by atoms with Gasteiger partial charge in [-0.2, -0.15) is 0 Å². The fourth-order valence-electron chi connectivity index (χ4n) is 3.66. The molecule has 1 atom stereocenters. The van der Waals surface area contributed by atoms with E-state index < -0.39 is 17.4 Å². The lowest BCUT2D eigenvalue weighted by molar-refractivity contribution is -0.132. The van der Waals surface area contributed by atoms with E-state index >= 15 is 0 Å². The number of benzene rings is 2. The van der Waals surface area contributed by atoms with Crippen LogP contribution in [-0.4, -0.2) is 22.4 Å². The van der Waals surface area contributed by atoms with Crippen molar-refractivity contribution in [1.82, 2.24) is 10.2 Å². The number of carbonyl (C=O) groups excluding carboxylic acids is 2. The van der Waals surface area contributed by atoms with Crippen LogP contribution in [0.5, 0.6) is 0 Å². The highest BCUT2D eigenvalue weighted by atomic mass is 79.9. The van der Waals surface area contributed by atoms with Crippen molar-refractivity contribution in [3.05, 3.63) is 69.4 Å². The van der Waals surface area contributed by atoms with Gasteiger partial charge in [0.05, 0.1) is 6.54 Å². The number of rotatable bonds is 2. The van der Waals surface area contributed by atoms with E-state index in [9.17, 15) is 14.0 Å². The Kier molecular flexibility index (Phi) is 3.87. The van der Waals surface area contributed by atoms with Crippen LogP contribution < -0.4 is 5.32 Å². The molecule has 0 saturated carbocycles. The molecule has 1 spiro atoms. The fourth-order valence-corrected chi connectivity index (χ4v) is 4.00. The first-order valence-corrected chi connectivity index (χ1v) is 8.93. The highest BCUT2D eigenvalue weighted by Crippen LogP contribution is 2.34. The summed E-state index contributed by atoms with van der Waals surface area (Å²) in [5, 5.41) is 2.87. The third-order valence-electron chi connectivity index (χ3n) is 5.02. The summed E-state index contributed by atoms with van der Waals surface area (Å²) in [5.41, 5.74) is 1.71. The van der Waals surface area contributed by atoms with Crippen molar-refractivity contribution in [3.63, 3.8) is 0 Å². The Morgan fingerprint density at radius 3 is 2.68 bits per heavy atom. The zero-order valence-corrected chi connectivity index (χ0v) is 15.0. The van der Waals surface area contributed by atoms with Gasteiger partial charge < -0.3 is 5.32 Å². The topological polar surface area (TPSA) is 49.4 Å². The molecule has 1 N–H and O–H groups in total. The maximum atomic E-state index is 14.1. The number of urea groups is 1. The monoisotopic (exact) mass is 402 g/mol. The van der Waals surface area contributed by atoms with Crippen molar-refractivity contribution in [2.24, 2.45) is 0 Å². The van der Waals surface area contributed by atoms with E-state index in [0.717, 1.165) is 16.9 Å². The summed E-state index contributed by atoms with van der Waals surface area (Å²) in [6, 6.07) is 12.1. The van der Waals surface area contributed by atoms with Gasteiger partial charge >= 0.3 is 6.03 Å². The molecule has 0 radical (unpaired) electrons. The van der Waals surface area contributed by atoms with E-state index in [0.29, 0.717) is 22.9 Å². The van der Waals surface area contributed by atoms with Crippen LogP contribution >= 0.6 is 15.9 Å². The molecule has 4 nitrogen and oxygen atoms in total. The van der Waals surface area contributed by atoms with Gasteiger partial charge in [-0.3, -0.25) is 9.69 Å². The predicted octanol–water partition coefficient (Wildman–Crippen LogP) is 3.57. The van der Waals surface area contributed by atoms with Crippen LogP contribution in [0, 0.1) is 5.82 Å². The third-order valence-corrected chi connectivity index (χ3v) is 5.51. The van der Waals surface area contributed by atoms with Crippen LogP contribution in [-0.2, 0) is 24.2 Å². The van der Waals surface area contributed by atoms with Crippen molar-refractivity contribution in [2.75, 3.05) is 0 Å². The van der Waals surface area contributed by atoms with Crippen LogP contribution in [0.3, 0.4) is 0 Å².